The highest BCUT2D eigenvalue weighted by molar-refractivity contribution is 6.42. The Balaban J connectivity index is 1.91. The van der Waals surface area contributed by atoms with Crippen LogP contribution in [0.3, 0.4) is 0 Å². The molecule has 2 aromatic carbocycles. The molecule has 2 heterocycles. The minimum atomic E-state index is -0.511. The van der Waals surface area contributed by atoms with Gasteiger partial charge in [0.05, 0.1) is 33.8 Å². The van der Waals surface area contributed by atoms with Crippen molar-refractivity contribution in [1.82, 2.24) is 10.2 Å². The van der Waals surface area contributed by atoms with Crippen LogP contribution in [0, 0.1) is 11.3 Å². The number of nitriles is 1. The maximum atomic E-state index is 9.78. The van der Waals surface area contributed by atoms with Gasteiger partial charge in [0.2, 0.25) is 11.8 Å². The van der Waals surface area contributed by atoms with Gasteiger partial charge in [-0.2, -0.15) is 5.26 Å². The Morgan fingerprint density at radius 3 is 2.79 bits per heavy atom. The van der Waals surface area contributed by atoms with Crippen molar-refractivity contribution in [2.75, 3.05) is 6.61 Å². The lowest BCUT2D eigenvalue weighted by molar-refractivity contribution is 0.340. The number of H-pyrrole nitrogens is 1. The first kappa shape index (κ1) is 19.2. The van der Waals surface area contributed by atoms with E-state index in [2.05, 4.69) is 16.3 Å². The summed E-state index contributed by atoms with van der Waals surface area (Å²) in [6.45, 7) is 2.48. The molecule has 29 heavy (non-hydrogen) atoms. The summed E-state index contributed by atoms with van der Waals surface area (Å²) in [7, 11) is 0. The third-order valence-electron chi connectivity index (χ3n) is 4.65. The van der Waals surface area contributed by atoms with Crippen LogP contribution in [0.1, 0.15) is 24.0 Å². The second kappa shape index (κ2) is 7.70. The minimum Gasteiger partial charge on any atom is -0.494 e. The molecule has 0 fully saturated rings. The molecule has 0 bridgehead atoms. The number of nitrogens with one attached hydrogen (secondary N) is 1. The fraction of sp³-hybridized carbons (Fsp3) is 0.143. The standard InChI is InChI=1S/C21H16Cl2N4O2/c1-2-28-13-5-3-4-12(8-13)19-18-17(11-6-7-15(22)16(23)9-11)14(10-24)20(25)29-21(18)27-26-19/h3-9,17H,2,25H2,1H3,(H,26,27). The van der Waals surface area contributed by atoms with E-state index in [1.165, 1.54) is 0 Å². The van der Waals surface area contributed by atoms with Gasteiger partial charge in [-0.15, -0.1) is 5.10 Å². The molecule has 0 spiro atoms. The first-order valence-corrected chi connectivity index (χ1v) is 9.63. The molecule has 1 aliphatic heterocycles. The van der Waals surface area contributed by atoms with Gasteiger partial charge in [0.15, 0.2) is 0 Å². The number of aromatic nitrogens is 2. The largest absolute Gasteiger partial charge is 0.494 e. The molecule has 8 heteroatoms. The Bertz CT molecular complexity index is 1160. The van der Waals surface area contributed by atoms with Crippen LogP contribution in [0.4, 0.5) is 0 Å². The molecule has 1 aliphatic rings. The van der Waals surface area contributed by atoms with Crippen LogP contribution in [-0.2, 0) is 0 Å². The summed E-state index contributed by atoms with van der Waals surface area (Å²) in [4.78, 5) is 0. The zero-order chi connectivity index (χ0) is 20.5. The Hall–Kier alpha value is -3.14. The molecule has 1 atom stereocenters. The zero-order valence-corrected chi connectivity index (χ0v) is 16.9. The Labute approximate surface area is 177 Å². The summed E-state index contributed by atoms with van der Waals surface area (Å²) >= 11 is 12.3. The third-order valence-corrected chi connectivity index (χ3v) is 5.39. The number of hydrogen-bond donors (Lipinski definition) is 2. The molecule has 3 aromatic rings. The van der Waals surface area contributed by atoms with Gasteiger partial charge in [-0.1, -0.05) is 41.4 Å². The van der Waals surface area contributed by atoms with Crippen molar-refractivity contribution in [3.63, 3.8) is 0 Å². The number of allylic oxidation sites excluding steroid dienone is 1. The van der Waals surface area contributed by atoms with Gasteiger partial charge >= 0.3 is 0 Å². The zero-order valence-electron chi connectivity index (χ0n) is 15.4. The van der Waals surface area contributed by atoms with Crippen LogP contribution < -0.4 is 15.2 Å². The van der Waals surface area contributed by atoms with Crippen molar-refractivity contribution < 1.29 is 9.47 Å². The van der Waals surface area contributed by atoms with E-state index < -0.39 is 5.92 Å². The monoisotopic (exact) mass is 426 g/mol. The van der Waals surface area contributed by atoms with E-state index in [9.17, 15) is 5.26 Å². The van der Waals surface area contributed by atoms with E-state index in [1.54, 1.807) is 12.1 Å². The van der Waals surface area contributed by atoms with Crippen LogP contribution in [0.15, 0.2) is 53.9 Å². The van der Waals surface area contributed by atoms with Gasteiger partial charge < -0.3 is 15.2 Å². The fourth-order valence-electron chi connectivity index (χ4n) is 3.40. The van der Waals surface area contributed by atoms with Crippen molar-refractivity contribution in [3.8, 4) is 29.0 Å². The molecular formula is C21H16Cl2N4O2. The van der Waals surface area contributed by atoms with E-state index in [-0.39, 0.29) is 11.5 Å². The normalized spacial score (nSPS) is 15.4. The summed E-state index contributed by atoms with van der Waals surface area (Å²) in [5.41, 5.74) is 9.29. The number of aromatic amines is 1. The molecule has 0 radical (unpaired) electrons. The minimum absolute atomic E-state index is 0.0113. The highest BCUT2D eigenvalue weighted by Crippen LogP contribution is 2.46. The van der Waals surface area contributed by atoms with Crippen molar-refractivity contribution >= 4 is 23.2 Å². The Morgan fingerprint density at radius 2 is 2.07 bits per heavy atom. The highest BCUT2D eigenvalue weighted by Gasteiger charge is 2.35. The summed E-state index contributed by atoms with van der Waals surface area (Å²) < 4.78 is 11.2. The number of nitrogens with two attached hydrogens (primary N) is 1. The molecule has 0 aliphatic carbocycles. The van der Waals surface area contributed by atoms with E-state index in [0.717, 1.165) is 16.9 Å². The summed E-state index contributed by atoms with van der Waals surface area (Å²) in [6, 6.07) is 15.0. The summed E-state index contributed by atoms with van der Waals surface area (Å²) in [5, 5.41) is 17.9. The Morgan fingerprint density at radius 1 is 1.24 bits per heavy atom. The smallest absolute Gasteiger partial charge is 0.244 e. The number of ether oxygens (including phenoxy) is 2. The molecule has 4 rings (SSSR count). The number of hydrogen-bond acceptors (Lipinski definition) is 5. The maximum absolute atomic E-state index is 9.78. The molecule has 3 N–H and O–H groups in total. The fourth-order valence-corrected chi connectivity index (χ4v) is 3.70. The highest BCUT2D eigenvalue weighted by atomic mass is 35.5. The lowest BCUT2D eigenvalue weighted by atomic mass is 9.83. The van der Waals surface area contributed by atoms with Gasteiger partial charge in [0.25, 0.3) is 0 Å². The molecular weight excluding hydrogens is 411 g/mol. The summed E-state index contributed by atoms with van der Waals surface area (Å²) in [6.07, 6.45) is 0. The molecule has 146 valence electrons. The summed E-state index contributed by atoms with van der Waals surface area (Å²) in [5.74, 6) is 0.543. The van der Waals surface area contributed by atoms with Crippen LogP contribution in [-0.4, -0.2) is 16.8 Å². The molecule has 0 amide bonds. The maximum Gasteiger partial charge on any atom is 0.244 e. The molecule has 1 unspecified atom stereocenters. The predicted molar refractivity (Wildman–Crippen MR) is 111 cm³/mol. The van der Waals surface area contributed by atoms with E-state index >= 15 is 0 Å². The van der Waals surface area contributed by atoms with Crippen LogP contribution in [0.25, 0.3) is 11.3 Å². The topological polar surface area (TPSA) is 97.0 Å². The Kier molecular flexibility index (Phi) is 5.10. The average Bonchev–Trinajstić information content (AvgIpc) is 3.13. The van der Waals surface area contributed by atoms with Gasteiger partial charge in [-0.05, 0) is 36.8 Å². The number of nitrogens with zero attached hydrogens (tertiary/aromatic N) is 2. The van der Waals surface area contributed by atoms with Crippen LogP contribution >= 0.6 is 23.2 Å². The predicted octanol–water partition coefficient (Wildman–Crippen LogP) is 5.00. The second-order valence-corrected chi connectivity index (χ2v) is 7.19. The second-order valence-electron chi connectivity index (χ2n) is 6.38. The quantitative estimate of drug-likeness (QED) is 0.611. The lowest BCUT2D eigenvalue weighted by Crippen LogP contribution is -2.21. The van der Waals surface area contributed by atoms with Crippen molar-refractivity contribution in [1.29, 1.82) is 5.26 Å². The van der Waals surface area contributed by atoms with Gasteiger partial charge in [0, 0.05) is 5.56 Å². The number of rotatable bonds is 4. The lowest BCUT2D eigenvalue weighted by Gasteiger charge is -2.24. The molecule has 0 saturated heterocycles. The van der Waals surface area contributed by atoms with Gasteiger partial charge in [0.1, 0.15) is 17.4 Å². The number of benzene rings is 2. The molecule has 6 nitrogen and oxygen atoms in total. The third kappa shape index (κ3) is 3.39. The average molecular weight is 427 g/mol. The number of halogens is 2. The first-order valence-electron chi connectivity index (χ1n) is 8.87. The van der Waals surface area contributed by atoms with Crippen LogP contribution in [0.2, 0.25) is 10.0 Å². The van der Waals surface area contributed by atoms with E-state index in [0.29, 0.717) is 33.8 Å². The molecule has 0 saturated carbocycles. The van der Waals surface area contributed by atoms with Crippen LogP contribution in [0.5, 0.6) is 11.6 Å². The van der Waals surface area contributed by atoms with Crippen molar-refractivity contribution in [2.24, 2.45) is 5.73 Å². The first-order chi connectivity index (χ1) is 14.0. The SMILES string of the molecule is CCOc1cccc(-c2[nH]nc3c2C(c2ccc(Cl)c(Cl)c2)C(C#N)=C(N)O3)c1. The van der Waals surface area contributed by atoms with Gasteiger partial charge in [-0.3, -0.25) is 5.10 Å². The molecule has 1 aromatic heterocycles. The van der Waals surface area contributed by atoms with E-state index in [4.69, 9.17) is 38.4 Å². The van der Waals surface area contributed by atoms with E-state index in [1.807, 2.05) is 37.3 Å². The van der Waals surface area contributed by atoms with Gasteiger partial charge in [-0.25, -0.2) is 0 Å². The van der Waals surface area contributed by atoms with Crippen molar-refractivity contribution in [2.45, 2.75) is 12.8 Å². The van der Waals surface area contributed by atoms with Crippen molar-refractivity contribution in [3.05, 3.63) is 75.1 Å². The number of fused-ring (bicyclic) bond motifs is 1.